The van der Waals surface area contributed by atoms with E-state index in [1.807, 2.05) is 0 Å². The van der Waals surface area contributed by atoms with Gasteiger partial charge in [-0.2, -0.15) is 0 Å². The highest BCUT2D eigenvalue weighted by molar-refractivity contribution is 5.34. The lowest BCUT2D eigenvalue weighted by Gasteiger charge is -2.64. The fraction of sp³-hybridized carbons (Fsp3) is 0.611. The Labute approximate surface area is 141 Å². The minimum Gasteiger partial charge on any atom is -0.377 e. The number of nitrogens with zero attached hydrogens (tertiary/aromatic N) is 4. The van der Waals surface area contributed by atoms with E-state index in [9.17, 15) is 0 Å². The molecule has 2 saturated carbocycles. The first-order valence-electron chi connectivity index (χ1n) is 8.99. The number of tetrazole rings is 1. The van der Waals surface area contributed by atoms with Gasteiger partial charge in [0.25, 0.3) is 0 Å². The van der Waals surface area contributed by atoms with Crippen LogP contribution < -0.4 is 5.32 Å². The fourth-order valence-electron chi connectivity index (χ4n) is 5.06. The van der Waals surface area contributed by atoms with Crippen LogP contribution in [0.2, 0.25) is 0 Å². The lowest BCUT2D eigenvalue weighted by molar-refractivity contribution is -0.178. The molecule has 4 atom stereocenters. The summed E-state index contributed by atoms with van der Waals surface area (Å²) in [6.07, 6.45) is 7.38. The number of rotatable bonds is 4. The average Bonchev–Trinajstić information content (AvgIpc) is 3.22. The van der Waals surface area contributed by atoms with Crippen LogP contribution in [0, 0.1) is 11.3 Å². The van der Waals surface area contributed by atoms with E-state index < -0.39 is 0 Å². The lowest BCUT2D eigenvalue weighted by Crippen LogP contribution is -2.71. The second-order valence-electron chi connectivity index (χ2n) is 7.54. The van der Waals surface area contributed by atoms with Gasteiger partial charge >= 0.3 is 0 Å². The van der Waals surface area contributed by atoms with Crippen LogP contribution in [-0.2, 0) is 4.74 Å². The summed E-state index contributed by atoms with van der Waals surface area (Å²) in [5, 5.41) is 15.2. The molecule has 3 fully saturated rings. The Morgan fingerprint density at radius 1 is 1.29 bits per heavy atom. The Kier molecular flexibility index (Phi) is 3.25. The Bertz CT molecular complexity index is 710. The molecule has 5 rings (SSSR count). The highest BCUT2D eigenvalue weighted by Gasteiger charge is 2.66. The van der Waals surface area contributed by atoms with Crippen molar-refractivity contribution >= 4 is 0 Å². The summed E-state index contributed by atoms with van der Waals surface area (Å²) >= 11 is 0. The molecule has 1 spiro atoms. The van der Waals surface area contributed by atoms with Gasteiger partial charge in [0.15, 0.2) is 0 Å². The van der Waals surface area contributed by atoms with Gasteiger partial charge in [-0.25, -0.2) is 4.68 Å². The molecule has 3 aliphatic rings. The molecule has 1 aromatic heterocycles. The average molecular weight is 325 g/mol. The van der Waals surface area contributed by atoms with E-state index in [0.29, 0.717) is 29.5 Å². The highest BCUT2D eigenvalue weighted by Crippen LogP contribution is 2.63. The van der Waals surface area contributed by atoms with Crippen LogP contribution in [0.4, 0.5) is 0 Å². The molecule has 1 N–H and O–H groups in total. The summed E-state index contributed by atoms with van der Waals surface area (Å²) in [5.74, 6) is 0.716. The molecule has 0 amide bonds. The summed E-state index contributed by atoms with van der Waals surface area (Å²) in [5.41, 5.74) is 2.73. The molecule has 2 aromatic rings. The molecule has 0 bridgehead atoms. The van der Waals surface area contributed by atoms with Crippen molar-refractivity contribution in [1.82, 2.24) is 25.5 Å². The van der Waals surface area contributed by atoms with Crippen LogP contribution >= 0.6 is 0 Å². The zero-order valence-corrected chi connectivity index (χ0v) is 13.9. The monoisotopic (exact) mass is 325 g/mol. The summed E-state index contributed by atoms with van der Waals surface area (Å²) in [6, 6.07) is 9.45. The number of nitrogens with one attached hydrogen (secondary N) is 1. The summed E-state index contributed by atoms with van der Waals surface area (Å²) in [4.78, 5) is 0. The van der Waals surface area contributed by atoms with E-state index in [4.69, 9.17) is 4.74 Å². The normalized spacial score (nSPS) is 31.3. The minimum atomic E-state index is 0.344. The quantitative estimate of drug-likeness (QED) is 0.934. The van der Waals surface area contributed by atoms with Gasteiger partial charge in [-0.05, 0) is 54.3 Å². The van der Waals surface area contributed by atoms with Crippen molar-refractivity contribution in [1.29, 1.82) is 0 Å². The SMILES string of the molecule is C[C@H](N[C@@H]1[C@@H]2CCO[C@H]2C12CCC2)c1ccc(-n2cnnn2)cc1. The summed E-state index contributed by atoms with van der Waals surface area (Å²) < 4.78 is 7.70. The molecule has 126 valence electrons. The number of benzene rings is 1. The lowest BCUT2D eigenvalue weighted by atomic mass is 9.46. The van der Waals surface area contributed by atoms with Crippen molar-refractivity contribution < 1.29 is 4.74 Å². The van der Waals surface area contributed by atoms with Crippen LogP contribution in [0.5, 0.6) is 0 Å². The fourth-order valence-corrected chi connectivity index (χ4v) is 5.06. The molecule has 1 aliphatic heterocycles. The Balaban J connectivity index is 1.31. The van der Waals surface area contributed by atoms with Crippen molar-refractivity contribution in [2.45, 2.75) is 50.8 Å². The topological polar surface area (TPSA) is 64.9 Å². The molecule has 2 heterocycles. The van der Waals surface area contributed by atoms with E-state index in [0.717, 1.165) is 12.3 Å². The van der Waals surface area contributed by atoms with E-state index in [-0.39, 0.29) is 0 Å². The van der Waals surface area contributed by atoms with Gasteiger partial charge in [0.05, 0.1) is 11.8 Å². The zero-order valence-electron chi connectivity index (χ0n) is 13.9. The highest BCUT2D eigenvalue weighted by atomic mass is 16.5. The third kappa shape index (κ3) is 1.99. The number of fused-ring (bicyclic) bond motifs is 2. The van der Waals surface area contributed by atoms with Crippen molar-refractivity contribution in [2.75, 3.05) is 6.61 Å². The van der Waals surface area contributed by atoms with E-state index in [1.54, 1.807) is 11.0 Å². The van der Waals surface area contributed by atoms with Crippen molar-refractivity contribution in [3.63, 3.8) is 0 Å². The van der Waals surface area contributed by atoms with Gasteiger partial charge in [0, 0.05) is 30.0 Å². The maximum Gasteiger partial charge on any atom is 0.143 e. The van der Waals surface area contributed by atoms with Crippen LogP contribution in [0.15, 0.2) is 30.6 Å². The van der Waals surface area contributed by atoms with Crippen LogP contribution in [0.1, 0.15) is 44.2 Å². The zero-order chi connectivity index (χ0) is 16.1. The first kappa shape index (κ1) is 14.5. The Hall–Kier alpha value is -1.79. The van der Waals surface area contributed by atoms with E-state index in [2.05, 4.69) is 52.0 Å². The Morgan fingerprint density at radius 3 is 2.79 bits per heavy atom. The predicted molar refractivity (Wildman–Crippen MR) is 88.6 cm³/mol. The third-order valence-corrected chi connectivity index (χ3v) is 6.47. The number of hydrogen-bond donors (Lipinski definition) is 1. The number of aromatic nitrogens is 4. The first-order chi connectivity index (χ1) is 11.8. The summed E-state index contributed by atoms with van der Waals surface area (Å²) in [6.45, 7) is 3.21. The summed E-state index contributed by atoms with van der Waals surface area (Å²) in [7, 11) is 0. The van der Waals surface area contributed by atoms with Gasteiger partial charge in [0.1, 0.15) is 6.33 Å². The van der Waals surface area contributed by atoms with Gasteiger partial charge < -0.3 is 10.1 Å². The van der Waals surface area contributed by atoms with Crippen molar-refractivity contribution in [3.05, 3.63) is 36.2 Å². The molecular formula is C18H23N5O. The molecule has 24 heavy (non-hydrogen) atoms. The minimum absolute atomic E-state index is 0.344. The van der Waals surface area contributed by atoms with Gasteiger partial charge in [-0.1, -0.05) is 18.6 Å². The predicted octanol–water partition coefficient (Wildman–Crippen LogP) is 2.27. The first-order valence-corrected chi connectivity index (χ1v) is 8.99. The van der Waals surface area contributed by atoms with E-state index >= 15 is 0 Å². The van der Waals surface area contributed by atoms with Crippen LogP contribution in [0.25, 0.3) is 5.69 Å². The molecule has 1 aromatic carbocycles. The second kappa shape index (κ2) is 5.36. The van der Waals surface area contributed by atoms with Crippen LogP contribution in [0.3, 0.4) is 0 Å². The largest absolute Gasteiger partial charge is 0.377 e. The van der Waals surface area contributed by atoms with Crippen LogP contribution in [-0.4, -0.2) is 39.0 Å². The van der Waals surface area contributed by atoms with Crippen molar-refractivity contribution in [3.8, 4) is 5.69 Å². The standard InChI is InChI=1S/C18H23N5O/c1-12(13-3-5-14(6-4-13)23-11-19-21-22-23)20-16-15-7-10-24-17(15)18(16)8-2-9-18/h3-6,11-12,15-17,20H,2,7-10H2,1H3/t12-,15-,16+,17+/m0/s1. The van der Waals surface area contributed by atoms with Crippen molar-refractivity contribution in [2.24, 2.45) is 11.3 Å². The molecule has 6 nitrogen and oxygen atoms in total. The third-order valence-electron chi connectivity index (χ3n) is 6.47. The molecule has 6 heteroatoms. The Morgan fingerprint density at radius 2 is 2.12 bits per heavy atom. The number of ether oxygens (including phenoxy) is 1. The second-order valence-corrected chi connectivity index (χ2v) is 7.54. The molecule has 2 aliphatic carbocycles. The number of hydrogen-bond acceptors (Lipinski definition) is 5. The molecule has 1 saturated heterocycles. The molecule has 0 radical (unpaired) electrons. The van der Waals surface area contributed by atoms with E-state index in [1.165, 1.54) is 31.2 Å². The van der Waals surface area contributed by atoms with Gasteiger partial charge in [-0.3, -0.25) is 0 Å². The van der Waals surface area contributed by atoms with Gasteiger partial charge in [-0.15, -0.1) is 5.10 Å². The molecular weight excluding hydrogens is 302 g/mol. The maximum atomic E-state index is 6.02. The molecule has 0 unspecified atom stereocenters. The maximum absolute atomic E-state index is 6.02. The smallest absolute Gasteiger partial charge is 0.143 e. The van der Waals surface area contributed by atoms with Gasteiger partial charge in [0.2, 0.25) is 0 Å².